The maximum atomic E-state index is 6.53. The maximum Gasteiger partial charge on any atom is 0.227 e. The third kappa shape index (κ3) is 5.04. The average molecular weight is 715 g/mol. The second kappa shape index (κ2) is 12.0. The van der Waals surface area contributed by atoms with Crippen molar-refractivity contribution in [3.63, 3.8) is 0 Å². The zero-order chi connectivity index (χ0) is 34.9. The standard InChI is InChI=1S/C46H26N4OS2/c1-3-11-27(12-4-1)43-48-44(28-13-5-2-6-14-28)50-45(49-43)32-16-9-19-40-42(32)34-25-29(22-24-38(34)53-40)30-21-23-35-36(26-30)51-46(47-35)33-17-10-20-39-41(33)31-15-7-8-18-37(31)52-39/h1-26H. The lowest BCUT2D eigenvalue weighted by molar-refractivity contribution is 0.621. The highest BCUT2D eigenvalue weighted by atomic mass is 32.1. The van der Waals surface area contributed by atoms with E-state index >= 15 is 0 Å². The minimum absolute atomic E-state index is 0.636. The van der Waals surface area contributed by atoms with Crippen LogP contribution in [0.25, 0.3) is 108 Å². The van der Waals surface area contributed by atoms with Crippen molar-refractivity contribution in [2.75, 3.05) is 0 Å². The molecule has 4 heterocycles. The summed E-state index contributed by atoms with van der Waals surface area (Å²) in [7, 11) is 0. The van der Waals surface area contributed by atoms with Gasteiger partial charge in [-0.2, -0.15) is 0 Å². The van der Waals surface area contributed by atoms with Gasteiger partial charge in [-0.3, -0.25) is 0 Å². The van der Waals surface area contributed by atoms with Gasteiger partial charge in [0.25, 0.3) is 0 Å². The second-order valence-electron chi connectivity index (χ2n) is 13.0. The zero-order valence-electron chi connectivity index (χ0n) is 28.0. The first kappa shape index (κ1) is 30.1. The van der Waals surface area contributed by atoms with Crippen molar-refractivity contribution in [1.29, 1.82) is 0 Å². The summed E-state index contributed by atoms with van der Waals surface area (Å²) in [6.07, 6.45) is 0. The largest absolute Gasteiger partial charge is 0.436 e. The first-order valence-electron chi connectivity index (χ1n) is 17.4. The van der Waals surface area contributed by atoms with Crippen molar-refractivity contribution in [2.45, 2.75) is 0 Å². The molecule has 0 bridgehead atoms. The molecule has 0 aliphatic rings. The molecule has 0 N–H and O–H groups in total. The summed E-state index contributed by atoms with van der Waals surface area (Å²) >= 11 is 3.58. The highest BCUT2D eigenvalue weighted by Crippen LogP contribution is 2.43. The van der Waals surface area contributed by atoms with E-state index in [0.717, 1.165) is 55.3 Å². The second-order valence-corrected chi connectivity index (χ2v) is 15.2. The van der Waals surface area contributed by atoms with Crippen LogP contribution in [-0.2, 0) is 0 Å². The monoisotopic (exact) mass is 714 g/mol. The predicted molar refractivity (Wildman–Crippen MR) is 220 cm³/mol. The van der Waals surface area contributed by atoms with E-state index in [-0.39, 0.29) is 0 Å². The van der Waals surface area contributed by atoms with Crippen LogP contribution in [0.2, 0.25) is 0 Å². The SMILES string of the molecule is c1ccc(-c2nc(-c3ccccc3)nc(-c3cccc4sc5ccc(-c6ccc7nc(-c8cccc9sc%10ccccc%10c89)oc7c6)cc5c34)n2)cc1. The third-order valence-electron chi connectivity index (χ3n) is 9.79. The lowest BCUT2D eigenvalue weighted by atomic mass is 10.0. The fourth-order valence-electron chi connectivity index (χ4n) is 7.29. The molecule has 0 saturated carbocycles. The van der Waals surface area contributed by atoms with Gasteiger partial charge in [-0.05, 0) is 59.7 Å². The van der Waals surface area contributed by atoms with Crippen LogP contribution < -0.4 is 0 Å². The van der Waals surface area contributed by atoms with Crippen LogP contribution in [0, 0.1) is 0 Å². The van der Waals surface area contributed by atoms with Crippen LogP contribution in [-0.4, -0.2) is 19.9 Å². The summed E-state index contributed by atoms with van der Waals surface area (Å²) in [6, 6.07) is 54.5. The molecule has 0 atom stereocenters. The van der Waals surface area contributed by atoms with Crippen LogP contribution >= 0.6 is 22.7 Å². The quantitative estimate of drug-likeness (QED) is 0.178. The van der Waals surface area contributed by atoms with Gasteiger partial charge in [0, 0.05) is 62.6 Å². The average Bonchev–Trinajstić information content (AvgIpc) is 3.94. The topological polar surface area (TPSA) is 64.7 Å². The number of oxazole rings is 1. The van der Waals surface area contributed by atoms with Gasteiger partial charge in [0.1, 0.15) is 5.52 Å². The van der Waals surface area contributed by atoms with Gasteiger partial charge in [0.05, 0.1) is 0 Å². The maximum absolute atomic E-state index is 6.53. The Bertz CT molecular complexity index is 3120. The number of benzene rings is 7. The van der Waals surface area contributed by atoms with Gasteiger partial charge in [-0.15, -0.1) is 22.7 Å². The van der Waals surface area contributed by atoms with Crippen molar-refractivity contribution in [1.82, 2.24) is 19.9 Å². The number of fused-ring (bicyclic) bond motifs is 7. The van der Waals surface area contributed by atoms with E-state index in [4.69, 9.17) is 24.4 Å². The number of hydrogen-bond acceptors (Lipinski definition) is 7. The summed E-state index contributed by atoms with van der Waals surface area (Å²) in [5, 5.41) is 4.72. The van der Waals surface area contributed by atoms with Gasteiger partial charge < -0.3 is 4.42 Å². The van der Waals surface area contributed by atoms with Gasteiger partial charge in [0.15, 0.2) is 23.1 Å². The summed E-state index contributed by atoms with van der Waals surface area (Å²) in [5.41, 5.74) is 7.65. The summed E-state index contributed by atoms with van der Waals surface area (Å²) in [5.74, 6) is 2.58. The van der Waals surface area contributed by atoms with Crippen LogP contribution in [0.15, 0.2) is 162 Å². The molecule has 0 amide bonds. The van der Waals surface area contributed by atoms with Gasteiger partial charge in [-0.1, -0.05) is 109 Å². The van der Waals surface area contributed by atoms with Crippen molar-refractivity contribution in [2.24, 2.45) is 0 Å². The number of hydrogen-bond donors (Lipinski definition) is 0. The molecule has 53 heavy (non-hydrogen) atoms. The normalized spacial score (nSPS) is 11.8. The lowest BCUT2D eigenvalue weighted by Gasteiger charge is -2.10. The summed E-state index contributed by atoms with van der Waals surface area (Å²) in [6.45, 7) is 0. The molecule has 0 unspecified atom stereocenters. The van der Waals surface area contributed by atoms with Crippen LogP contribution in [0.5, 0.6) is 0 Å². The van der Waals surface area contributed by atoms with E-state index in [9.17, 15) is 0 Å². The van der Waals surface area contributed by atoms with Gasteiger partial charge >= 0.3 is 0 Å². The Hall–Kier alpha value is -6.54. The van der Waals surface area contributed by atoms with Crippen LogP contribution in [0.4, 0.5) is 0 Å². The molecule has 7 aromatic carbocycles. The molecule has 0 aliphatic heterocycles. The Kier molecular flexibility index (Phi) is 6.83. The minimum atomic E-state index is 0.636. The molecule has 7 heteroatoms. The highest BCUT2D eigenvalue weighted by molar-refractivity contribution is 7.26. The Morgan fingerprint density at radius 1 is 0.377 bits per heavy atom. The molecule has 11 rings (SSSR count). The van der Waals surface area contributed by atoms with E-state index in [1.165, 1.54) is 29.6 Å². The number of nitrogens with zero attached hydrogens (tertiary/aromatic N) is 4. The van der Waals surface area contributed by atoms with Gasteiger partial charge in [-0.25, -0.2) is 19.9 Å². The first-order valence-corrected chi connectivity index (χ1v) is 19.0. The summed E-state index contributed by atoms with van der Waals surface area (Å²) in [4.78, 5) is 20.0. The van der Waals surface area contributed by atoms with E-state index in [0.29, 0.717) is 23.4 Å². The van der Waals surface area contributed by atoms with Crippen molar-refractivity contribution in [3.05, 3.63) is 158 Å². The van der Waals surface area contributed by atoms with E-state index < -0.39 is 0 Å². The Morgan fingerprint density at radius 3 is 1.68 bits per heavy atom. The lowest BCUT2D eigenvalue weighted by Crippen LogP contribution is -2.00. The molecule has 5 nitrogen and oxygen atoms in total. The molecule has 0 fully saturated rings. The zero-order valence-corrected chi connectivity index (χ0v) is 29.7. The first-order chi connectivity index (χ1) is 26.2. The molecule has 0 spiro atoms. The van der Waals surface area contributed by atoms with E-state index in [1.54, 1.807) is 22.7 Å². The third-order valence-corrected chi connectivity index (χ3v) is 12.1. The van der Waals surface area contributed by atoms with E-state index in [2.05, 4.69) is 97.1 Å². The molecule has 0 saturated heterocycles. The fourth-order valence-corrected chi connectivity index (χ4v) is 9.54. The molecule has 248 valence electrons. The number of rotatable bonds is 5. The van der Waals surface area contributed by atoms with Crippen LogP contribution in [0.3, 0.4) is 0 Å². The van der Waals surface area contributed by atoms with Gasteiger partial charge in [0.2, 0.25) is 5.89 Å². The smallest absolute Gasteiger partial charge is 0.227 e. The molecular weight excluding hydrogens is 689 g/mol. The Morgan fingerprint density at radius 2 is 0.943 bits per heavy atom. The molecule has 11 aromatic rings. The molecule has 4 aromatic heterocycles. The predicted octanol–water partition coefficient (Wildman–Crippen LogP) is 13.1. The fraction of sp³-hybridized carbons (Fsp3) is 0. The van der Waals surface area contributed by atoms with Crippen molar-refractivity contribution in [3.8, 4) is 56.7 Å². The minimum Gasteiger partial charge on any atom is -0.436 e. The molecular formula is C46H26N4OS2. The van der Waals surface area contributed by atoms with Crippen LogP contribution in [0.1, 0.15) is 0 Å². The Labute approximate surface area is 311 Å². The molecule has 0 aliphatic carbocycles. The Balaban J connectivity index is 1.04. The van der Waals surface area contributed by atoms with Crippen molar-refractivity contribution >= 4 is 74.1 Å². The highest BCUT2D eigenvalue weighted by Gasteiger charge is 2.19. The number of aromatic nitrogens is 4. The number of thiophene rings is 2. The summed E-state index contributed by atoms with van der Waals surface area (Å²) < 4.78 is 11.4. The van der Waals surface area contributed by atoms with Crippen molar-refractivity contribution < 1.29 is 4.42 Å². The molecule has 0 radical (unpaired) electrons. The van der Waals surface area contributed by atoms with E-state index in [1.807, 2.05) is 60.7 Å².